The normalized spacial score (nSPS) is 10.2. The molecule has 0 saturated heterocycles. The van der Waals surface area contributed by atoms with Gasteiger partial charge in [-0.05, 0) is 38.0 Å². The van der Waals surface area contributed by atoms with Crippen molar-refractivity contribution in [2.45, 2.75) is 26.4 Å². The average molecular weight is 288 g/mol. The van der Waals surface area contributed by atoms with Crippen LogP contribution in [0.1, 0.15) is 20.8 Å². The van der Waals surface area contributed by atoms with Crippen LogP contribution in [0.15, 0.2) is 5.70 Å². The van der Waals surface area contributed by atoms with Crippen LogP contribution in [-0.2, 0) is 14.3 Å². The molecule has 1 N–H and O–H groups in total. The molecule has 0 aromatic rings. The van der Waals surface area contributed by atoms with Crippen LogP contribution in [0, 0.1) is 0 Å². The second-order valence-corrected chi connectivity index (χ2v) is 5.05. The van der Waals surface area contributed by atoms with Crippen molar-refractivity contribution in [3.05, 3.63) is 5.70 Å². The van der Waals surface area contributed by atoms with Crippen LogP contribution < -0.4 is 5.32 Å². The van der Waals surface area contributed by atoms with E-state index in [1.165, 1.54) is 12.0 Å². The highest BCUT2D eigenvalue weighted by molar-refractivity contribution is 7.78. The van der Waals surface area contributed by atoms with Gasteiger partial charge in [0.1, 0.15) is 12.1 Å². The first kappa shape index (κ1) is 17.4. The summed E-state index contributed by atoms with van der Waals surface area (Å²) in [5, 5.41) is 5.21. The van der Waals surface area contributed by atoms with E-state index in [0.29, 0.717) is 5.70 Å². The topological polar surface area (TPSA) is 67.9 Å². The van der Waals surface area contributed by atoms with E-state index in [4.69, 9.17) is 17.0 Å². The highest BCUT2D eigenvalue weighted by atomic mass is 32.1. The largest absolute Gasteiger partial charge is 0.468 e. The number of amides is 1. The fourth-order valence-electron chi connectivity index (χ4n) is 1.02. The molecule has 0 radical (unpaired) electrons. The van der Waals surface area contributed by atoms with E-state index in [9.17, 15) is 9.59 Å². The Morgan fingerprint density at radius 2 is 1.95 bits per heavy atom. The van der Waals surface area contributed by atoms with Gasteiger partial charge < -0.3 is 19.7 Å². The van der Waals surface area contributed by atoms with Crippen LogP contribution in [0.25, 0.3) is 0 Å². The Labute approximate surface area is 118 Å². The molecule has 0 atom stereocenters. The molecule has 0 unspecified atom stereocenters. The third-order valence-electron chi connectivity index (χ3n) is 1.90. The number of esters is 1. The van der Waals surface area contributed by atoms with E-state index in [1.54, 1.807) is 27.8 Å². The van der Waals surface area contributed by atoms with E-state index in [0.717, 1.165) is 0 Å². The van der Waals surface area contributed by atoms with Crippen LogP contribution >= 0.6 is 12.2 Å². The minimum absolute atomic E-state index is 0.0301. The van der Waals surface area contributed by atoms with E-state index >= 15 is 0 Å². The molecule has 0 aromatic carbocycles. The number of nitrogens with zero attached hydrogens (tertiary/aromatic N) is 1. The van der Waals surface area contributed by atoms with Gasteiger partial charge in [-0.2, -0.15) is 0 Å². The standard InChI is InChI=1S/C12H20N2O4S/c1-12(2,3)18-11(16)14(4)7-9(8-19)13-6-10(15)17-5/h13H,6-7H2,1-5H3. The zero-order chi connectivity index (χ0) is 15.1. The number of carbonyl (C=O) groups is 2. The lowest BCUT2D eigenvalue weighted by atomic mass is 10.2. The first-order chi connectivity index (χ1) is 8.69. The maximum Gasteiger partial charge on any atom is 0.410 e. The van der Waals surface area contributed by atoms with Gasteiger partial charge in [0.25, 0.3) is 0 Å². The number of hydrogen-bond donors (Lipinski definition) is 1. The zero-order valence-corrected chi connectivity index (χ0v) is 12.7. The van der Waals surface area contributed by atoms with Crippen molar-refractivity contribution in [1.29, 1.82) is 0 Å². The van der Waals surface area contributed by atoms with Crippen molar-refractivity contribution in [2.75, 3.05) is 27.2 Å². The Morgan fingerprint density at radius 1 is 1.37 bits per heavy atom. The van der Waals surface area contributed by atoms with Gasteiger partial charge in [-0.25, -0.2) is 4.79 Å². The highest BCUT2D eigenvalue weighted by Crippen LogP contribution is 2.09. The Balaban J connectivity index is 4.36. The van der Waals surface area contributed by atoms with Gasteiger partial charge in [0.05, 0.1) is 19.4 Å². The van der Waals surface area contributed by atoms with Crippen molar-refractivity contribution in [3.63, 3.8) is 0 Å². The molecule has 0 bridgehead atoms. The fourth-order valence-corrected chi connectivity index (χ4v) is 1.15. The molecule has 0 heterocycles. The summed E-state index contributed by atoms with van der Waals surface area (Å²) in [6.45, 7) is 5.49. The van der Waals surface area contributed by atoms with Crippen molar-refractivity contribution in [1.82, 2.24) is 10.2 Å². The minimum atomic E-state index is -0.563. The summed E-state index contributed by atoms with van der Waals surface area (Å²) in [6.07, 6.45) is -0.477. The summed E-state index contributed by atoms with van der Waals surface area (Å²) in [6, 6.07) is 0. The summed E-state index contributed by atoms with van der Waals surface area (Å²) >= 11 is 4.70. The van der Waals surface area contributed by atoms with Gasteiger partial charge in [-0.15, -0.1) is 0 Å². The summed E-state index contributed by atoms with van der Waals surface area (Å²) in [5.74, 6) is -0.428. The van der Waals surface area contributed by atoms with Crippen molar-refractivity contribution in [3.8, 4) is 0 Å². The summed E-state index contributed by atoms with van der Waals surface area (Å²) in [7, 11) is 2.86. The summed E-state index contributed by atoms with van der Waals surface area (Å²) < 4.78 is 9.67. The molecule has 108 valence electrons. The molecule has 0 spiro atoms. The van der Waals surface area contributed by atoms with Gasteiger partial charge in [0.2, 0.25) is 0 Å². The Kier molecular flexibility index (Phi) is 7.11. The minimum Gasteiger partial charge on any atom is -0.468 e. The van der Waals surface area contributed by atoms with Crippen LogP contribution in [0.2, 0.25) is 0 Å². The average Bonchev–Trinajstić information content (AvgIpc) is 2.31. The lowest BCUT2D eigenvalue weighted by Gasteiger charge is -2.25. The van der Waals surface area contributed by atoms with Gasteiger partial charge in [-0.1, -0.05) is 0 Å². The second-order valence-electron chi connectivity index (χ2n) is 4.85. The molecular weight excluding hydrogens is 268 g/mol. The van der Waals surface area contributed by atoms with E-state index in [1.807, 2.05) is 0 Å². The second kappa shape index (κ2) is 7.76. The quantitative estimate of drug-likeness (QED) is 0.603. The number of ether oxygens (including phenoxy) is 2. The van der Waals surface area contributed by atoms with Crippen molar-refractivity contribution >= 4 is 29.3 Å². The Bertz CT molecular complexity index is 384. The first-order valence-corrected chi connectivity index (χ1v) is 6.09. The van der Waals surface area contributed by atoms with E-state index in [-0.39, 0.29) is 13.1 Å². The summed E-state index contributed by atoms with van der Waals surface area (Å²) in [4.78, 5) is 24.0. The number of hydrogen-bond acceptors (Lipinski definition) is 6. The third kappa shape index (κ3) is 8.18. The number of nitrogens with one attached hydrogen (secondary N) is 1. The van der Waals surface area contributed by atoms with Gasteiger partial charge >= 0.3 is 12.1 Å². The number of thiocarbonyl (C=S) groups is 1. The molecule has 1 amide bonds. The molecule has 7 heteroatoms. The molecule has 0 saturated carbocycles. The predicted molar refractivity (Wildman–Crippen MR) is 75.0 cm³/mol. The molecule has 0 aliphatic rings. The van der Waals surface area contributed by atoms with Gasteiger partial charge in [0, 0.05) is 7.05 Å². The smallest absolute Gasteiger partial charge is 0.410 e. The lowest BCUT2D eigenvalue weighted by Crippen LogP contribution is -2.38. The van der Waals surface area contributed by atoms with Crippen LogP contribution in [0.5, 0.6) is 0 Å². The number of rotatable bonds is 5. The van der Waals surface area contributed by atoms with E-state index < -0.39 is 17.7 Å². The molecular formula is C12H20N2O4S. The number of methoxy groups -OCH3 is 1. The molecule has 0 rings (SSSR count). The van der Waals surface area contributed by atoms with Crippen LogP contribution in [-0.4, -0.2) is 54.8 Å². The number of carbonyl (C=O) groups excluding carboxylic acids is 2. The molecule has 0 aliphatic heterocycles. The highest BCUT2D eigenvalue weighted by Gasteiger charge is 2.20. The van der Waals surface area contributed by atoms with Crippen molar-refractivity contribution in [2.24, 2.45) is 0 Å². The monoisotopic (exact) mass is 288 g/mol. The maximum absolute atomic E-state index is 11.7. The molecule has 0 fully saturated rings. The number of likely N-dealkylation sites (N-methyl/N-ethyl adjacent to an activating group) is 1. The van der Waals surface area contributed by atoms with Gasteiger partial charge in [-0.3, -0.25) is 4.79 Å². The van der Waals surface area contributed by atoms with Crippen LogP contribution in [0.3, 0.4) is 0 Å². The Morgan fingerprint density at radius 3 is 2.37 bits per heavy atom. The summed E-state index contributed by atoms with van der Waals surface area (Å²) in [5.41, 5.74) is -0.124. The SMILES string of the molecule is COC(=O)CNC(=C=S)CN(C)C(=O)OC(C)(C)C. The lowest BCUT2D eigenvalue weighted by molar-refractivity contribution is -0.139. The Hall–Kier alpha value is -1.59. The molecule has 19 heavy (non-hydrogen) atoms. The third-order valence-corrected chi connectivity index (χ3v) is 2.14. The van der Waals surface area contributed by atoms with Crippen molar-refractivity contribution < 1.29 is 19.1 Å². The van der Waals surface area contributed by atoms with E-state index in [2.05, 4.69) is 15.1 Å². The van der Waals surface area contributed by atoms with Gasteiger partial charge in [0.15, 0.2) is 0 Å². The van der Waals surface area contributed by atoms with Crippen LogP contribution in [0.4, 0.5) is 4.79 Å². The molecule has 0 aliphatic carbocycles. The zero-order valence-electron chi connectivity index (χ0n) is 11.9. The molecule has 6 nitrogen and oxygen atoms in total. The maximum atomic E-state index is 11.7. The molecule has 0 aromatic heterocycles. The fraction of sp³-hybridized carbons (Fsp3) is 0.667. The predicted octanol–water partition coefficient (Wildman–Crippen LogP) is 1.10. The first-order valence-electron chi connectivity index (χ1n) is 5.68.